The van der Waals surface area contributed by atoms with Gasteiger partial charge in [0.25, 0.3) is 0 Å². The highest BCUT2D eigenvalue weighted by Crippen LogP contribution is 2.32. The van der Waals surface area contributed by atoms with E-state index in [0.717, 1.165) is 25.9 Å². The number of hydrogen-bond donors (Lipinski definition) is 2. The number of aliphatic carboxylic acids is 1. The lowest BCUT2D eigenvalue weighted by molar-refractivity contribution is -0.140. The summed E-state index contributed by atoms with van der Waals surface area (Å²) in [6.45, 7) is 2.08. The molecule has 4 nitrogen and oxygen atoms in total. The largest absolute Gasteiger partial charge is 0.481 e. The van der Waals surface area contributed by atoms with E-state index in [4.69, 9.17) is 10.8 Å². The topological polar surface area (TPSA) is 66.6 Å². The van der Waals surface area contributed by atoms with E-state index in [0.29, 0.717) is 5.92 Å². The van der Waals surface area contributed by atoms with Crippen LogP contribution in [-0.4, -0.2) is 41.1 Å². The molecule has 0 amide bonds. The van der Waals surface area contributed by atoms with E-state index < -0.39 is 5.97 Å². The standard InChI is InChI=1S/C9H16N2O2/c10-9-6-1-3-11(4-2-6)7(9)5-8(12)13/h6-7,9H,1-5,10H2,(H,12,13)/t7?,9-/m1/s1. The van der Waals surface area contributed by atoms with Gasteiger partial charge in [-0.15, -0.1) is 0 Å². The van der Waals surface area contributed by atoms with Crippen molar-refractivity contribution < 1.29 is 9.90 Å². The molecule has 0 saturated carbocycles. The molecule has 0 spiro atoms. The Morgan fingerprint density at radius 1 is 1.46 bits per heavy atom. The van der Waals surface area contributed by atoms with E-state index in [2.05, 4.69) is 4.90 Å². The third kappa shape index (κ3) is 1.56. The van der Waals surface area contributed by atoms with Crippen molar-refractivity contribution in [2.24, 2.45) is 11.7 Å². The van der Waals surface area contributed by atoms with Crippen molar-refractivity contribution >= 4 is 5.97 Å². The van der Waals surface area contributed by atoms with Crippen LogP contribution in [0.2, 0.25) is 0 Å². The molecule has 0 radical (unpaired) electrons. The Labute approximate surface area is 77.7 Å². The summed E-state index contributed by atoms with van der Waals surface area (Å²) < 4.78 is 0. The summed E-state index contributed by atoms with van der Waals surface area (Å²) in [5.41, 5.74) is 6.01. The summed E-state index contributed by atoms with van der Waals surface area (Å²) >= 11 is 0. The number of fused-ring (bicyclic) bond motifs is 3. The van der Waals surface area contributed by atoms with E-state index in [1.807, 2.05) is 0 Å². The molecule has 3 saturated heterocycles. The van der Waals surface area contributed by atoms with Crippen LogP contribution in [0, 0.1) is 5.92 Å². The molecule has 13 heavy (non-hydrogen) atoms. The predicted octanol–water partition coefficient (Wildman–Crippen LogP) is -0.117. The number of rotatable bonds is 2. The number of hydrogen-bond acceptors (Lipinski definition) is 3. The minimum Gasteiger partial charge on any atom is -0.481 e. The third-order valence-electron chi connectivity index (χ3n) is 3.42. The Bertz CT molecular complexity index is 210. The van der Waals surface area contributed by atoms with Crippen LogP contribution >= 0.6 is 0 Å². The van der Waals surface area contributed by atoms with Crippen LogP contribution in [0.3, 0.4) is 0 Å². The third-order valence-corrected chi connectivity index (χ3v) is 3.42. The zero-order chi connectivity index (χ0) is 9.42. The van der Waals surface area contributed by atoms with Gasteiger partial charge in [-0.05, 0) is 31.8 Å². The summed E-state index contributed by atoms with van der Waals surface area (Å²) in [5.74, 6) is -0.164. The van der Waals surface area contributed by atoms with Crippen molar-refractivity contribution in [2.45, 2.75) is 31.3 Å². The van der Waals surface area contributed by atoms with E-state index in [1.54, 1.807) is 0 Å². The Hall–Kier alpha value is -0.610. The molecule has 0 aromatic carbocycles. The molecule has 3 aliphatic rings. The van der Waals surface area contributed by atoms with E-state index in [-0.39, 0.29) is 18.5 Å². The van der Waals surface area contributed by atoms with Gasteiger partial charge in [-0.1, -0.05) is 0 Å². The van der Waals surface area contributed by atoms with Crippen LogP contribution in [0.15, 0.2) is 0 Å². The molecule has 0 aromatic rings. The van der Waals surface area contributed by atoms with Gasteiger partial charge in [-0.25, -0.2) is 0 Å². The second-order valence-electron chi connectivity index (χ2n) is 4.12. The maximum absolute atomic E-state index is 10.6. The average molecular weight is 184 g/mol. The van der Waals surface area contributed by atoms with Crippen LogP contribution in [0.1, 0.15) is 19.3 Å². The molecule has 2 bridgehead atoms. The molecule has 4 heteroatoms. The lowest BCUT2D eigenvalue weighted by Gasteiger charge is -2.49. The quantitative estimate of drug-likeness (QED) is 0.628. The van der Waals surface area contributed by atoms with Gasteiger partial charge in [-0.3, -0.25) is 9.69 Å². The Morgan fingerprint density at radius 2 is 2.08 bits per heavy atom. The van der Waals surface area contributed by atoms with Crippen molar-refractivity contribution in [1.29, 1.82) is 0 Å². The first kappa shape index (κ1) is 8.97. The number of piperidine rings is 3. The zero-order valence-electron chi connectivity index (χ0n) is 7.65. The number of carboxylic acid groups (broad SMARTS) is 1. The predicted molar refractivity (Wildman–Crippen MR) is 48.3 cm³/mol. The van der Waals surface area contributed by atoms with Gasteiger partial charge in [0.15, 0.2) is 0 Å². The first-order valence-electron chi connectivity index (χ1n) is 4.90. The maximum atomic E-state index is 10.6. The summed E-state index contributed by atoms with van der Waals surface area (Å²) in [6, 6.07) is 0.170. The molecule has 3 fully saturated rings. The molecule has 2 atom stereocenters. The molecule has 3 heterocycles. The van der Waals surface area contributed by atoms with Crippen LogP contribution in [0.5, 0.6) is 0 Å². The molecule has 0 aliphatic carbocycles. The van der Waals surface area contributed by atoms with E-state index in [1.165, 1.54) is 0 Å². The SMILES string of the molecule is N[C@@H]1C2CCN(CC2)C1CC(=O)O. The van der Waals surface area contributed by atoms with E-state index in [9.17, 15) is 4.79 Å². The van der Waals surface area contributed by atoms with Crippen LogP contribution in [0.4, 0.5) is 0 Å². The van der Waals surface area contributed by atoms with Gasteiger partial charge in [0.2, 0.25) is 0 Å². The van der Waals surface area contributed by atoms with Crippen molar-refractivity contribution in [3.05, 3.63) is 0 Å². The van der Waals surface area contributed by atoms with Crippen molar-refractivity contribution in [2.75, 3.05) is 13.1 Å². The van der Waals surface area contributed by atoms with Gasteiger partial charge >= 0.3 is 5.97 Å². The second kappa shape index (κ2) is 3.27. The number of carboxylic acids is 1. The molecular weight excluding hydrogens is 168 g/mol. The highest BCUT2D eigenvalue weighted by molar-refractivity contribution is 5.67. The minimum atomic E-state index is -0.729. The molecule has 3 rings (SSSR count). The lowest BCUT2D eigenvalue weighted by Crippen LogP contribution is -2.61. The fourth-order valence-electron chi connectivity index (χ4n) is 2.64. The second-order valence-corrected chi connectivity index (χ2v) is 4.12. The highest BCUT2D eigenvalue weighted by Gasteiger charge is 2.40. The average Bonchev–Trinajstić information content (AvgIpc) is 2.11. The fourth-order valence-corrected chi connectivity index (χ4v) is 2.64. The van der Waals surface area contributed by atoms with Gasteiger partial charge in [-0.2, -0.15) is 0 Å². The smallest absolute Gasteiger partial charge is 0.304 e. The van der Waals surface area contributed by atoms with Crippen LogP contribution in [0.25, 0.3) is 0 Å². The van der Waals surface area contributed by atoms with Crippen molar-refractivity contribution in [3.8, 4) is 0 Å². The molecular formula is C9H16N2O2. The Balaban J connectivity index is 2.05. The fraction of sp³-hybridized carbons (Fsp3) is 0.889. The molecule has 74 valence electrons. The normalized spacial score (nSPS) is 43.5. The summed E-state index contributed by atoms with van der Waals surface area (Å²) in [6.07, 6.45) is 2.51. The molecule has 0 aromatic heterocycles. The zero-order valence-corrected chi connectivity index (χ0v) is 7.65. The monoisotopic (exact) mass is 184 g/mol. The molecule has 1 unspecified atom stereocenters. The summed E-state index contributed by atoms with van der Waals surface area (Å²) in [7, 11) is 0. The lowest BCUT2D eigenvalue weighted by atomic mass is 9.78. The molecule has 3 N–H and O–H groups in total. The number of carbonyl (C=O) groups is 1. The minimum absolute atomic E-state index is 0.0820. The summed E-state index contributed by atoms with van der Waals surface area (Å²) in [4.78, 5) is 12.8. The van der Waals surface area contributed by atoms with Crippen molar-refractivity contribution in [1.82, 2.24) is 4.90 Å². The highest BCUT2D eigenvalue weighted by atomic mass is 16.4. The Kier molecular flexibility index (Phi) is 2.26. The van der Waals surface area contributed by atoms with Gasteiger partial charge in [0.05, 0.1) is 6.42 Å². The van der Waals surface area contributed by atoms with Gasteiger partial charge < -0.3 is 10.8 Å². The van der Waals surface area contributed by atoms with Crippen molar-refractivity contribution in [3.63, 3.8) is 0 Å². The number of nitrogens with zero attached hydrogens (tertiary/aromatic N) is 1. The maximum Gasteiger partial charge on any atom is 0.304 e. The van der Waals surface area contributed by atoms with Gasteiger partial charge in [0, 0.05) is 12.1 Å². The first-order valence-corrected chi connectivity index (χ1v) is 4.90. The van der Waals surface area contributed by atoms with E-state index >= 15 is 0 Å². The first-order chi connectivity index (χ1) is 6.18. The van der Waals surface area contributed by atoms with Gasteiger partial charge in [0.1, 0.15) is 0 Å². The summed E-state index contributed by atoms with van der Waals surface area (Å²) in [5, 5.41) is 8.73. The number of nitrogens with two attached hydrogens (primary N) is 1. The van der Waals surface area contributed by atoms with Crippen LogP contribution in [-0.2, 0) is 4.79 Å². The Morgan fingerprint density at radius 3 is 2.54 bits per heavy atom. The van der Waals surface area contributed by atoms with Crippen LogP contribution < -0.4 is 5.73 Å². The molecule has 3 aliphatic heterocycles.